The first kappa shape index (κ1) is 16.4. The van der Waals surface area contributed by atoms with Crippen LogP contribution in [0.2, 0.25) is 0 Å². The normalized spacial score (nSPS) is 12.4. The Kier molecular flexibility index (Phi) is 7.35. The van der Waals surface area contributed by atoms with Crippen LogP contribution < -0.4 is 4.72 Å². The van der Waals surface area contributed by atoms with Gasteiger partial charge < -0.3 is 0 Å². The summed E-state index contributed by atoms with van der Waals surface area (Å²) in [6, 6.07) is 1.97. The van der Waals surface area contributed by atoms with Crippen molar-refractivity contribution in [2.45, 2.75) is 34.1 Å². The third-order valence-electron chi connectivity index (χ3n) is 2.06. The van der Waals surface area contributed by atoms with Gasteiger partial charge in [-0.25, -0.2) is 4.72 Å². The van der Waals surface area contributed by atoms with Crippen molar-refractivity contribution < 1.29 is 8.42 Å². The van der Waals surface area contributed by atoms with Gasteiger partial charge in [-0.05, 0) is 11.8 Å². The molecule has 0 spiro atoms. The minimum Gasteiger partial charge on any atom is -0.202 e. The first-order valence-electron chi connectivity index (χ1n) is 5.91. The van der Waals surface area contributed by atoms with Crippen LogP contribution in [0.4, 0.5) is 0 Å². The maximum absolute atomic E-state index is 12.0. The van der Waals surface area contributed by atoms with E-state index in [0.29, 0.717) is 13.1 Å². The number of nitrogens with zero attached hydrogens (tertiary/aromatic N) is 2. The third kappa shape index (κ3) is 7.31. The van der Waals surface area contributed by atoms with Crippen molar-refractivity contribution in [2.75, 3.05) is 19.6 Å². The Morgan fingerprint density at radius 2 is 1.82 bits per heavy atom. The number of nitrogens with one attached hydrogen (secondary N) is 1. The van der Waals surface area contributed by atoms with Crippen LogP contribution in [0.1, 0.15) is 34.1 Å². The molecule has 0 saturated carbocycles. The van der Waals surface area contributed by atoms with E-state index in [-0.39, 0.29) is 24.8 Å². The maximum atomic E-state index is 12.0. The Bertz CT molecular complexity index is 344. The predicted octanol–water partition coefficient (Wildman–Crippen LogP) is 1.35. The molecule has 6 heteroatoms. The standard InChI is InChI=1S/C11H23N3O2S/c1-10(2)8-13-17(15,16)14(7-5-6-12)9-11(3)4/h10-11,13H,5,7-9H2,1-4H3. The van der Waals surface area contributed by atoms with Crippen LogP contribution in [0.5, 0.6) is 0 Å². The van der Waals surface area contributed by atoms with Gasteiger partial charge in [-0.1, -0.05) is 27.7 Å². The fourth-order valence-corrected chi connectivity index (χ4v) is 2.81. The topological polar surface area (TPSA) is 73.2 Å². The lowest BCUT2D eigenvalue weighted by Gasteiger charge is -2.23. The van der Waals surface area contributed by atoms with Gasteiger partial charge in [0.2, 0.25) is 0 Å². The van der Waals surface area contributed by atoms with Crippen LogP contribution >= 0.6 is 0 Å². The van der Waals surface area contributed by atoms with E-state index in [0.717, 1.165) is 0 Å². The summed E-state index contributed by atoms with van der Waals surface area (Å²) in [6.45, 7) is 8.92. The van der Waals surface area contributed by atoms with Gasteiger partial charge in [-0.3, -0.25) is 0 Å². The van der Waals surface area contributed by atoms with Gasteiger partial charge in [0.1, 0.15) is 0 Å². The zero-order chi connectivity index (χ0) is 13.5. The highest BCUT2D eigenvalue weighted by atomic mass is 32.2. The zero-order valence-corrected chi connectivity index (χ0v) is 11.9. The predicted molar refractivity (Wildman–Crippen MR) is 68.4 cm³/mol. The van der Waals surface area contributed by atoms with Crippen molar-refractivity contribution in [2.24, 2.45) is 11.8 Å². The second kappa shape index (κ2) is 7.64. The average Bonchev–Trinajstić information content (AvgIpc) is 2.21. The van der Waals surface area contributed by atoms with Crippen molar-refractivity contribution in [1.29, 1.82) is 5.26 Å². The Balaban J connectivity index is 4.59. The fourth-order valence-electron chi connectivity index (χ4n) is 1.25. The van der Waals surface area contributed by atoms with E-state index in [2.05, 4.69) is 4.72 Å². The maximum Gasteiger partial charge on any atom is 0.279 e. The SMILES string of the molecule is CC(C)CNS(=O)(=O)N(CCC#N)CC(C)C. The van der Waals surface area contributed by atoms with E-state index in [1.54, 1.807) is 0 Å². The third-order valence-corrected chi connectivity index (χ3v) is 3.60. The summed E-state index contributed by atoms with van der Waals surface area (Å²) in [6.07, 6.45) is 0.218. The van der Waals surface area contributed by atoms with Crippen LogP contribution in [0.3, 0.4) is 0 Å². The van der Waals surface area contributed by atoms with E-state index in [4.69, 9.17) is 5.26 Å². The van der Waals surface area contributed by atoms with Crippen LogP contribution in [0.15, 0.2) is 0 Å². The molecule has 1 N–H and O–H groups in total. The molecular weight excluding hydrogens is 238 g/mol. The highest BCUT2D eigenvalue weighted by Crippen LogP contribution is 2.05. The fraction of sp³-hybridized carbons (Fsp3) is 0.909. The average molecular weight is 261 g/mol. The summed E-state index contributed by atoms with van der Waals surface area (Å²) in [5, 5.41) is 8.54. The molecule has 0 aromatic carbocycles. The number of rotatable bonds is 8. The molecule has 0 bridgehead atoms. The van der Waals surface area contributed by atoms with Crippen molar-refractivity contribution in [3.63, 3.8) is 0 Å². The number of hydrogen-bond donors (Lipinski definition) is 1. The molecule has 0 aromatic rings. The molecule has 0 aliphatic carbocycles. The van der Waals surface area contributed by atoms with Crippen LogP contribution in [0, 0.1) is 23.2 Å². The highest BCUT2D eigenvalue weighted by molar-refractivity contribution is 7.87. The Hall–Kier alpha value is -0.640. The smallest absolute Gasteiger partial charge is 0.202 e. The molecule has 0 aliphatic rings. The van der Waals surface area contributed by atoms with E-state index in [1.807, 2.05) is 33.8 Å². The molecule has 0 radical (unpaired) electrons. The van der Waals surface area contributed by atoms with Gasteiger partial charge >= 0.3 is 0 Å². The van der Waals surface area contributed by atoms with Crippen molar-refractivity contribution >= 4 is 10.2 Å². The molecule has 17 heavy (non-hydrogen) atoms. The number of nitriles is 1. The van der Waals surface area contributed by atoms with E-state index >= 15 is 0 Å². The van der Waals surface area contributed by atoms with Gasteiger partial charge in [-0.2, -0.15) is 18.0 Å². The van der Waals surface area contributed by atoms with Gasteiger partial charge in [0.25, 0.3) is 10.2 Å². The Labute approximate surface area is 105 Å². The summed E-state index contributed by atoms with van der Waals surface area (Å²) >= 11 is 0. The van der Waals surface area contributed by atoms with Crippen molar-refractivity contribution in [3.05, 3.63) is 0 Å². The summed E-state index contributed by atoms with van der Waals surface area (Å²) < 4.78 is 27.9. The second-order valence-electron chi connectivity index (χ2n) is 4.91. The summed E-state index contributed by atoms with van der Waals surface area (Å²) in [5.41, 5.74) is 0. The zero-order valence-electron chi connectivity index (χ0n) is 11.1. The van der Waals surface area contributed by atoms with E-state index in [1.165, 1.54) is 4.31 Å². The summed E-state index contributed by atoms with van der Waals surface area (Å²) in [7, 11) is -3.45. The number of hydrogen-bond acceptors (Lipinski definition) is 3. The molecule has 0 atom stereocenters. The first-order chi connectivity index (χ1) is 7.79. The van der Waals surface area contributed by atoms with Crippen molar-refractivity contribution in [3.8, 4) is 6.07 Å². The Morgan fingerprint density at radius 3 is 2.24 bits per heavy atom. The Morgan fingerprint density at radius 1 is 1.24 bits per heavy atom. The van der Waals surface area contributed by atoms with E-state index in [9.17, 15) is 8.42 Å². The summed E-state index contributed by atoms with van der Waals surface area (Å²) in [4.78, 5) is 0. The molecule has 5 nitrogen and oxygen atoms in total. The molecule has 0 amide bonds. The van der Waals surface area contributed by atoms with Crippen LogP contribution in [0.25, 0.3) is 0 Å². The molecule has 0 aliphatic heterocycles. The van der Waals surface area contributed by atoms with Gasteiger partial charge in [0, 0.05) is 26.1 Å². The van der Waals surface area contributed by atoms with Crippen LogP contribution in [-0.4, -0.2) is 32.4 Å². The van der Waals surface area contributed by atoms with Gasteiger partial charge in [0.05, 0.1) is 6.07 Å². The van der Waals surface area contributed by atoms with E-state index < -0.39 is 10.2 Å². The molecule has 100 valence electrons. The van der Waals surface area contributed by atoms with Crippen LogP contribution in [-0.2, 0) is 10.2 Å². The van der Waals surface area contributed by atoms with Crippen molar-refractivity contribution in [1.82, 2.24) is 9.03 Å². The molecule has 0 heterocycles. The minimum absolute atomic E-state index is 0.218. The monoisotopic (exact) mass is 261 g/mol. The lowest BCUT2D eigenvalue weighted by Crippen LogP contribution is -2.44. The highest BCUT2D eigenvalue weighted by Gasteiger charge is 2.22. The molecule has 0 aromatic heterocycles. The minimum atomic E-state index is -3.45. The largest absolute Gasteiger partial charge is 0.279 e. The first-order valence-corrected chi connectivity index (χ1v) is 7.35. The lowest BCUT2D eigenvalue weighted by atomic mass is 10.2. The molecule has 0 rings (SSSR count). The molecular formula is C11H23N3O2S. The molecule has 0 saturated heterocycles. The quantitative estimate of drug-likeness (QED) is 0.716. The molecule has 0 fully saturated rings. The summed E-state index contributed by atoms with van der Waals surface area (Å²) in [5.74, 6) is 0.506. The second-order valence-corrected chi connectivity index (χ2v) is 6.66. The lowest BCUT2D eigenvalue weighted by molar-refractivity contribution is 0.365. The van der Waals surface area contributed by atoms with Gasteiger partial charge in [0.15, 0.2) is 0 Å². The van der Waals surface area contributed by atoms with Gasteiger partial charge in [-0.15, -0.1) is 0 Å². The molecule has 0 unspecified atom stereocenters.